The number of nitrogens with zero attached hydrogens (tertiary/aromatic N) is 3. The Bertz CT molecular complexity index is 1050. The summed E-state index contributed by atoms with van der Waals surface area (Å²) in [4.78, 5) is 31.4. The van der Waals surface area contributed by atoms with Gasteiger partial charge >= 0.3 is 5.97 Å². The Balaban J connectivity index is 1.26. The lowest BCUT2D eigenvalue weighted by Gasteiger charge is -2.39. The first-order valence-electron chi connectivity index (χ1n) is 12.4. The number of hydrogen-bond acceptors (Lipinski definition) is 6. The summed E-state index contributed by atoms with van der Waals surface area (Å²) in [5.41, 5.74) is 0.727. The van der Waals surface area contributed by atoms with Crippen LogP contribution in [0.15, 0.2) is 35.1 Å². The van der Waals surface area contributed by atoms with Crippen molar-refractivity contribution in [3.8, 4) is 0 Å². The molecule has 3 saturated heterocycles. The summed E-state index contributed by atoms with van der Waals surface area (Å²) in [6.07, 6.45) is 3.93. The molecule has 0 saturated carbocycles. The van der Waals surface area contributed by atoms with Gasteiger partial charge in [0.25, 0.3) is 5.56 Å². The van der Waals surface area contributed by atoms with Crippen molar-refractivity contribution in [2.75, 3.05) is 39.4 Å². The van der Waals surface area contributed by atoms with Gasteiger partial charge in [0.2, 0.25) is 0 Å². The monoisotopic (exact) mass is 453 g/mol. The van der Waals surface area contributed by atoms with Gasteiger partial charge in [-0.05, 0) is 44.2 Å². The molecule has 5 rings (SSSR count). The maximum Gasteiger partial charge on any atom is 0.344 e. The molecule has 2 unspecified atom stereocenters. The highest BCUT2D eigenvalue weighted by Gasteiger charge is 2.42. The summed E-state index contributed by atoms with van der Waals surface area (Å²) in [6, 6.07) is 10.3. The van der Waals surface area contributed by atoms with Crippen LogP contribution in [0.25, 0.3) is 10.9 Å². The second-order valence-electron chi connectivity index (χ2n) is 9.96. The van der Waals surface area contributed by atoms with Crippen molar-refractivity contribution in [1.82, 2.24) is 14.4 Å². The molecule has 1 aromatic carbocycles. The van der Waals surface area contributed by atoms with Crippen LogP contribution in [-0.2, 0) is 9.47 Å². The van der Waals surface area contributed by atoms with Gasteiger partial charge in [-0.3, -0.25) is 14.6 Å². The van der Waals surface area contributed by atoms with E-state index >= 15 is 0 Å². The van der Waals surface area contributed by atoms with Crippen LogP contribution in [0, 0.1) is 0 Å². The minimum Gasteiger partial charge on any atom is -0.459 e. The maximum absolute atomic E-state index is 13.2. The molecule has 3 aliphatic rings. The fraction of sp³-hybridized carbons (Fsp3) is 0.615. The number of fused-ring (bicyclic) bond motifs is 3. The number of carbonyl (C=O) groups is 1. The molecule has 4 heterocycles. The molecule has 3 fully saturated rings. The largest absolute Gasteiger partial charge is 0.459 e. The summed E-state index contributed by atoms with van der Waals surface area (Å²) in [5, 5.41) is 0.885. The third-order valence-corrected chi connectivity index (χ3v) is 7.57. The Labute approximate surface area is 195 Å². The average Bonchev–Trinajstić information content (AvgIpc) is 3.05. The van der Waals surface area contributed by atoms with Gasteiger partial charge in [-0.15, -0.1) is 0 Å². The third kappa shape index (κ3) is 4.59. The fourth-order valence-corrected chi connectivity index (χ4v) is 5.93. The molecule has 7 heteroatoms. The van der Waals surface area contributed by atoms with E-state index in [4.69, 9.17) is 9.47 Å². The molecule has 3 aliphatic heterocycles. The zero-order chi connectivity index (χ0) is 22.9. The van der Waals surface area contributed by atoms with Gasteiger partial charge < -0.3 is 14.0 Å². The van der Waals surface area contributed by atoms with E-state index in [1.807, 2.05) is 38.1 Å². The smallest absolute Gasteiger partial charge is 0.344 e. The summed E-state index contributed by atoms with van der Waals surface area (Å²) in [5.74, 6) is -0.480. The molecule has 0 amide bonds. The molecule has 0 aliphatic carbocycles. The molecule has 1 aromatic heterocycles. The highest BCUT2D eigenvalue weighted by Crippen LogP contribution is 2.37. The predicted molar refractivity (Wildman–Crippen MR) is 128 cm³/mol. The molecule has 2 bridgehead atoms. The van der Waals surface area contributed by atoms with Gasteiger partial charge in [-0.25, -0.2) is 4.79 Å². The van der Waals surface area contributed by atoms with E-state index in [0.29, 0.717) is 12.1 Å². The summed E-state index contributed by atoms with van der Waals surface area (Å²) >= 11 is 0. The first kappa shape index (κ1) is 22.6. The van der Waals surface area contributed by atoms with Crippen LogP contribution in [0.2, 0.25) is 0 Å². The van der Waals surface area contributed by atoms with Crippen molar-refractivity contribution < 1.29 is 14.3 Å². The second kappa shape index (κ2) is 9.57. The summed E-state index contributed by atoms with van der Waals surface area (Å²) < 4.78 is 13.1. The first-order chi connectivity index (χ1) is 16.0. The van der Waals surface area contributed by atoms with Gasteiger partial charge in [0.15, 0.2) is 0 Å². The molecular weight excluding hydrogens is 418 g/mol. The Morgan fingerprint density at radius 2 is 1.79 bits per heavy atom. The molecular formula is C26H35N3O4. The minimum atomic E-state index is -0.480. The number of aromatic nitrogens is 1. The average molecular weight is 454 g/mol. The number of benzene rings is 1. The van der Waals surface area contributed by atoms with Crippen molar-refractivity contribution in [3.63, 3.8) is 0 Å². The second-order valence-corrected chi connectivity index (χ2v) is 9.96. The highest BCUT2D eigenvalue weighted by molar-refractivity contribution is 5.94. The van der Waals surface area contributed by atoms with E-state index in [2.05, 4.69) is 9.80 Å². The maximum atomic E-state index is 13.2. The summed E-state index contributed by atoms with van der Waals surface area (Å²) in [6.45, 7) is 9.77. The van der Waals surface area contributed by atoms with Gasteiger partial charge in [0, 0.05) is 57.1 Å². The lowest BCUT2D eigenvalue weighted by atomic mass is 9.99. The van der Waals surface area contributed by atoms with E-state index in [9.17, 15) is 9.59 Å². The number of morpholine rings is 1. The topological polar surface area (TPSA) is 64.0 Å². The molecule has 0 radical (unpaired) electrons. The van der Waals surface area contributed by atoms with Crippen LogP contribution in [0.4, 0.5) is 0 Å². The number of ether oxygens (including phenoxy) is 2. The molecule has 2 atom stereocenters. The van der Waals surface area contributed by atoms with Crippen LogP contribution < -0.4 is 5.56 Å². The zero-order valence-corrected chi connectivity index (χ0v) is 19.7. The molecule has 0 N–H and O–H groups in total. The van der Waals surface area contributed by atoms with E-state index in [0.717, 1.165) is 76.0 Å². The van der Waals surface area contributed by atoms with Gasteiger partial charge in [0.05, 0.1) is 18.7 Å². The van der Waals surface area contributed by atoms with Gasteiger partial charge in [-0.1, -0.05) is 18.2 Å². The van der Waals surface area contributed by atoms with Crippen LogP contribution in [0.1, 0.15) is 55.9 Å². The third-order valence-electron chi connectivity index (χ3n) is 7.57. The van der Waals surface area contributed by atoms with Crippen LogP contribution in [0.3, 0.4) is 0 Å². The van der Waals surface area contributed by atoms with Crippen molar-refractivity contribution in [2.45, 2.75) is 63.8 Å². The van der Waals surface area contributed by atoms with Crippen molar-refractivity contribution in [1.29, 1.82) is 0 Å². The lowest BCUT2D eigenvalue weighted by Crippen LogP contribution is -2.49. The Hall–Kier alpha value is -2.22. The number of hydrogen-bond donors (Lipinski definition) is 0. The quantitative estimate of drug-likeness (QED) is 0.627. The number of piperidine rings is 1. The Morgan fingerprint density at radius 1 is 1.09 bits per heavy atom. The fourth-order valence-electron chi connectivity index (χ4n) is 5.93. The number of carbonyl (C=O) groups excluding carboxylic acids is 1. The van der Waals surface area contributed by atoms with E-state index in [1.54, 1.807) is 10.6 Å². The molecule has 178 valence electrons. The van der Waals surface area contributed by atoms with E-state index < -0.39 is 5.97 Å². The molecule has 0 spiro atoms. The Morgan fingerprint density at radius 3 is 2.48 bits per heavy atom. The number of esters is 1. The zero-order valence-electron chi connectivity index (χ0n) is 19.7. The van der Waals surface area contributed by atoms with Crippen LogP contribution in [-0.4, -0.2) is 77.9 Å². The SMILES string of the molecule is CC(C)n1c(=O)c(C(=O)OC2CC3CCC(C2)N3CCN2CCOCC2)cc2ccccc21. The Kier molecular flexibility index (Phi) is 6.54. The van der Waals surface area contributed by atoms with Gasteiger partial charge in [-0.2, -0.15) is 0 Å². The summed E-state index contributed by atoms with van der Waals surface area (Å²) in [7, 11) is 0. The van der Waals surface area contributed by atoms with Crippen molar-refractivity contribution >= 4 is 16.9 Å². The first-order valence-corrected chi connectivity index (χ1v) is 12.4. The van der Waals surface area contributed by atoms with Crippen LogP contribution in [0.5, 0.6) is 0 Å². The number of rotatable bonds is 6. The highest BCUT2D eigenvalue weighted by atomic mass is 16.5. The van der Waals surface area contributed by atoms with Crippen molar-refractivity contribution in [3.05, 3.63) is 46.2 Å². The van der Waals surface area contributed by atoms with E-state index in [-0.39, 0.29) is 23.3 Å². The van der Waals surface area contributed by atoms with Crippen molar-refractivity contribution in [2.24, 2.45) is 0 Å². The molecule has 7 nitrogen and oxygen atoms in total. The minimum absolute atomic E-state index is 0.0410. The number of pyridine rings is 1. The molecule has 33 heavy (non-hydrogen) atoms. The lowest BCUT2D eigenvalue weighted by molar-refractivity contribution is -0.0123. The van der Waals surface area contributed by atoms with Gasteiger partial charge in [0.1, 0.15) is 11.7 Å². The normalized spacial score (nSPS) is 26.2. The van der Waals surface area contributed by atoms with E-state index in [1.165, 1.54) is 0 Å². The predicted octanol–water partition coefficient (Wildman–Crippen LogP) is 3.07. The standard InChI is InChI=1S/C26H35N3O4/c1-18(2)29-24-6-4-3-5-19(24)15-23(25(29)30)26(31)33-22-16-20-7-8-21(17-22)28(20)10-9-27-11-13-32-14-12-27/h3-6,15,18,20-22H,7-14,16-17H2,1-2H3. The molecule has 2 aromatic rings. The number of para-hydroxylation sites is 1. The van der Waals surface area contributed by atoms with Crippen LogP contribution >= 0.6 is 0 Å².